The zero-order chi connectivity index (χ0) is 17.1. The number of hydrogen-bond acceptors (Lipinski definition) is 4. The number of carbonyl (C=O) groups is 2. The Morgan fingerprint density at radius 1 is 1.18 bits per heavy atom. The summed E-state index contributed by atoms with van der Waals surface area (Å²) in [7, 11) is 0. The van der Waals surface area contributed by atoms with Gasteiger partial charge in [0.25, 0.3) is 0 Å². The van der Waals surface area contributed by atoms with E-state index in [9.17, 15) is 9.59 Å². The van der Waals surface area contributed by atoms with Gasteiger partial charge in [-0.3, -0.25) is 9.59 Å². The maximum atomic E-state index is 12.2. The van der Waals surface area contributed by atoms with E-state index in [1.54, 1.807) is 13.8 Å². The molecule has 6 nitrogen and oxygen atoms in total. The van der Waals surface area contributed by atoms with E-state index >= 15 is 0 Å². The van der Waals surface area contributed by atoms with Crippen LogP contribution >= 0.6 is 0 Å². The molecule has 0 aromatic heterocycles. The van der Waals surface area contributed by atoms with Crippen LogP contribution in [0.3, 0.4) is 0 Å². The smallest absolute Gasteiger partial charge is 0.242 e. The van der Waals surface area contributed by atoms with Gasteiger partial charge in [-0.05, 0) is 26.7 Å². The standard InChI is InChI=1S/C16H30N4O2/c1-6-8-9-13(17)10-19-12(5)15(21)20-14(11(3)4)16(22)18-7-2/h11-14,19H,7,9-10,17H2,1-5H3,(H,18,22)(H,20,21)/t12-,13?,14-/m0/s1. The molecule has 22 heavy (non-hydrogen) atoms. The summed E-state index contributed by atoms with van der Waals surface area (Å²) in [6, 6.07) is -1.07. The van der Waals surface area contributed by atoms with Crippen LogP contribution in [0.5, 0.6) is 0 Å². The maximum Gasteiger partial charge on any atom is 0.242 e. The van der Waals surface area contributed by atoms with Crippen LogP contribution in [0.4, 0.5) is 0 Å². The molecule has 0 aromatic rings. The fourth-order valence-corrected chi connectivity index (χ4v) is 1.82. The molecule has 0 fully saturated rings. The number of nitrogens with two attached hydrogens (primary N) is 1. The van der Waals surface area contributed by atoms with E-state index in [0.717, 1.165) is 0 Å². The lowest BCUT2D eigenvalue weighted by Crippen LogP contribution is -2.54. The van der Waals surface area contributed by atoms with Gasteiger partial charge in [0.15, 0.2) is 0 Å². The van der Waals surface area contributed by atoms with E-state index in [1.165, 1.54) is 0 Å². The molecule has 0 aliphatic heterocycles. The van der Waals surface area contributed by atoms with Crippen LogP contribution in [0.1, 0.15) is 41.0 Å². The second-order valence-electron chi connectivity index (χ2n) is 5.65. The highest BCUT2D eigenvalue weighted by atomic mass is 16.2. The van der Waals surface area contributed by atoms with Gasteiger partial charge >= 0.3 is 0 Å². The Morgan fingerprint density at radius 2 is 1.82 bits per heavy atom. The first kappa shape index (κ1) is 20.4. The van der Waals surface area contributed by atoms with Crippen molar-refractivity contribution in [1.29, 1.82) is 0 Å². The Labute approximate surface area is 134 Å². The fraction of sp³-hybridized carbons (Fsp3) is 0.750. The predicted octanol–water partition coefficient (Wildman–Crippen LogP) is -0.0179. The number of carbonyl (C=O) groups excluding carboxylic acids is 2. The van der Waals surface area contributed by atoms with Gasteiger partial charge in [0, 0.05) is 25.6 Å². The normalized spacial score (nSPS) is 14.5. The van der Waals surface area contributed by atoms with Crippen molar-refractivity contribution in [3.63, 3.8) is 0 Å². The monoisotopic (exact) mass is 310 g/mol. The average Bonchev–Trinajstić information content (AvgIpc) is 2.47. The lowest BCUT2D eigenvalue weighted by Gasteiger charge is -2.24. The average molecular weight is 310 g/mol. The molecule has 3 atom stereocenters. The zero-order valence-corrected chi connectivity index (χ0v) is 14.3. The molecular formula is C16H30N4O2. The summed E-state index contributed by atoms with van der Waals surface area (Å²) in [5.74, 6) is 5.35. The second-order valence-corrected chi connectivity index (χ2v) is 5.65. The number of rotatable bonds is 9. The van der Waals surface area contributed by atoms with Gasteiger partial charge in [0.2, 0.25) is 11.8 Å². The van der Waals surface area contributed by atoms with Crippen molar-refractivity contribution < 1.29 is 9.59 Å². The van der Waals surface area contributed by atoms with Crippen LogP contribution in [0.25, 0.3) is 0 Å². The van der Waals surface area contributed by atoms with Crippen LogP contribution in [-0.2, 0) is 9.59 Å². The molecular weight excluding hydrogens is 280 g/mol. The van der Waals surface area contributed by atoms with Gasteiger partial charge in [-0.2, -0.15) is 0 Å². The summed E-state index contributed by atoms with van der Waals surface area (Å²) < 4.78 is 0. The SMILES string of the molecule is CC#CCC(N)CN[C@@H](C)C(=O)N[C@H](C(=O)NCC)C(C)C. The number of nitrogens with one attached hydrogen (secondary N) is 3. The highest BCUT2D eigenvalue weighted by Crippen LogP contribution is 2.02. The molecule has 1 unspecified atom stereocenters. The van der Waals surface area contributed by atoms with Crippen molar-refractivity contribution in [3.05, 3.63) is 0 Å². The van der Waals surface area contributed by atoms with Crippen molar-refractivity contribution in [1.82, 2.24) is 16.0 Å². The molecule has 0 saturated heterocycles. The van der Waals surface area contributed by atoms with Crippen molar-refractivity contribution in [2.45, 2.75) is 59.2 Å². The number of likely N-dealkylation sites (N-methyl/N-ethyl adjacent to an activating group) is 1. The van der Waals surface area contributed by atoms with Crippen LogP contribution in [0, 0.1) is 17.8 Å². The predicted molar refractivity (Wildman–Crippen MR) is 89.0 cm³/mol. The summed E-state index contributed by atoms with van der Waals surface area (Å²) in [6.07, 6.45) is 0.589. The molecule has 0 aliphatic carbocycles. The summed E-state index contributed by atoms with van der Waals surface area (Å²) >= 11 is 0. The van der Waals surface area contributed by atoms with Gasteiger partial charge in [0.1, 0.15) is 6.04 Å². The van der Waals surface area contributed by atoms with Crippen molar-refractivity contribution in [2.75, 3.05) is 13.1 Å². The molecule has 0 rings (SSSR count). The minimum Gasteiger partial charge on any atom is -0.355 e. The van der Waals surface area contributed by atoms with E-state index in [2.05, 4.69) is 27.8 Å². The molecule has 5 N–H and O–H groups in total. The van der Waals surface area contributed by atoms with Crippen molar-refractivity contribution in [3.8, 4) is 11.8 Å². The maximum absolute atomic E-state index is 12.2. The first-order valence-electron chi connectivity index (χ1n) is 7.80. The third-order valence-corrected chi connectivity index (χ3v) is 3.22. The molecule has 2 amide bonds. The van der Waals surface area contributed by atoms with Crippen LogP contribution in [0.15, 0.2) is 0 Å². The lowest BCUT2D eigenvalue weighted by molar-refractivity contribution is -0.130. The molecule has 126 valence electrons. The van der Waals surface area contributed by atoms with E-state index in [-0.39, 0.29) is 23.8 Å². The summed E-state index contributed by atoms with van der Waals surface area (Å²) in [5.41, 5.74) is 5.88. The Kier molecular flexibility index (Phi) is 10.3. The van der Waals surface area contributed by atoms with Crippen molar-refractivity contribution >= 4 is 11.8 Å². The summed E-state index contributed by atoms with van der Waals surface area (Å²) in [5, 5.41) is 8.59. The Morgan fingerprint density at radius 3 is 2.32 bits per heavy atom. The Balaban J connectivity index is 4.41. The first-order chi connectivity index (χ1) is 10.3. The summed E-state index contributed by atoms with van der Waals surface area (Å²) in [6.45, 7) is 10.2. The van der Waals surface area contributed by atoms with Crippen molar-refractivity contribution in [2.24, 2.45) is 11.7 Å². The number of amides is 2. The second kappa shape index (κ2) is 11.0. The first-order valence-corrected chi connectivity index (χ1v) is 7.80. The lowest BCUT2D eigenvalue weighted by atomic mass is 10.0. The Bertz CT molecular complexity index is 412. The van der Waals surface area contributed by atoms with Gasteiger partial charge in [-0.15, -0.1) is 11.8 Å². The van der Waals surface area contributed by atoms with E-state index in [4.69, 9.17) is 5.73 Å². The minimum atomic E-state index is -0.531. The summed E-state index contributed by atoms with van der Waals surface area (Å²) in [4.78, 5) is 24.1. The molecule has 0 bridgehead atoms. The topological polar surface area (TPSA) is 96.2 Å². The molecule has 0 spiro atoms. The molecule has 0 radical (unpaired) electrons. The van der Waals surface area contributed by atoms with Gasteiger partial charge < -0.3 is 21.7 Å². The van der Waals surface area contributed by atoms with E-state index < -0.39 is 12.1 Å². The van der Waals surface area contributed by atoms with E-state index in [0.29, 0.717) is 19.5 Å². The molecule has 0 heterocycles. The van der Waals surface area contributed by atoms with E-state index in [1.807, 2.05) is 20.8 Å². The third-order valence-electron chi connectivity index (χ3n) is 3.22. The fourth-order valence-electron chi connectivity index (χ4n) is 1.82. The van der Waals surface area contributed by atoms with Crippen LogP contribution in [0.2, 0.25) is 0 Å². The minimum absolute atomic E-state index is 0.0183. The highest BCUT2D eigenvalue weighted by molar-refractivity contribution is 5.89. The van der Waals surface area contributed by atoms with Gasteiger partial charge in [0.05, 0.1) is 6.04 Å². The molecule has 0 aromatic carbocycles. The highest BCUT2D eigenvalue weighted by Gasteiger charge is 2.25. The molecule has 6 heteroatoms. The number of hydrogen-bond donors (Lipinski definition) is 4. The third kappa shape index (κ3) is 8.01. The van der Waals surface area contributed by atoms with Crippen LogP contribution < -0.4 is 21.7 Å². The molecule has 0 aliphatic rings. The van der Waals surface area contributed by atoms with Gasteiger partial charge in [-0.1, -0.05) is 13.8 Å². The van der Waals surface area contributed by atoms with Crippen LogP contribution in [-0.4, -0.2) is 43.0 Å². The largest absolute Gasteiger partial charge is 0.355 e. The molecule has 0 saturated carbocycles. The van der Waals surface area contributed by atoms with Gasteiger partial charge in [-0.25, -0.2) is 0 Å². The quantitative estimate of drug-likeness (QED) is 0.450. The zero-order valence-electron chi connectivity index (χ0n) is 14.3. The Hall–Kier alpha value is -1.58.